The van der Waals surface area contributed by atoms with Gasteiger partial charge in [-0.3, -0.25) is 4.79 Å². The molecule has 4 nitrogen and oxygen atoms in total. The first-order chi connectivity index (χ1) is 14.4. The molecule has 1 aliphatic carbocycles. The summed E-state index contributed by atoms with van der Waals surface area (Å²) < 4.78 is 7.51. The number of nitrogens with zero attached hydrogens (tertiary/aromatic N) is 1. The van der Waals surface area contributed by atoms with Crippen LogP contribution < -0.4 is 0 Å². The Morgan fingerprint density at radius 2 is 1.93 bits per heavy atom. The number of esters is 1. The van der Waals surface area contributed by atoms with Gasteiger partial charge in [0.1, 0.15) is 4.88 Å². The van der Waals surface area contributed by atoms with E-state index in [-0.39, 0.29) is 12.4 Å². The van der Waals surface area contributed by atoms with Gasteiger partial charge in [-0.25, -0.2) is 4.79 Å². The molecule has 1 atom stereocenters. The van der Waals surface area contributed by atoms with Crippen LogP contribution in [0.2, 0.25) is 0 Å². The number of carbonyl (C=O) groups is 2. The zero-order valence-electron chi connectivity index (χ0n) is 17.7. The molecule has 0 amide bonds. The molecule has 0 fully saturated rings. The minimum Gasteiger partial charge on any atom is -0.453 e. The summed E-state index contributed by atoms with van der Waals surface area (Å²) in [5.41, 5.74) is 4.99. The highest BCUT2D eigenvalue weighted by atomic mass is 32.1. The maximum atomic E-state index is 12.8. The number of carbonyl (C=O) groups excluding carboxylic acids is 2. The van der Waals surface area contributed by atoms with E-state index in [1.165, 1.54) is 33.8 Å². The summed E-state index contributed by atoms with van der Waals surface area (Å²) in [5.74, 6) is 0.0999. The normalized spacial score (nSPS) is 15.6. The largest absolute Gasteiger partial charge is 0.453 e. The summed E-state index contributed by atoms with van der Waals surface area (Å²) in [6, 6.07) is 14.0. The summed E-state index contributed by atoms with van der Waals surface area (Å²) in [6.07, 6.45) is 3.21. The second-order valence-corrected chi connectivity index (χ2v) is 9.40. The van der Waals surface area contributed by atoms with Crippen molar-refractivity contribution in [2.75, 3.05) is 6.61 Å². The molecule has 1 aromatic carbocycles. The molecule has 0 N–H and O–H groups in total. The molecule has 30 heavy (non-hydrogen) atoms. The molecule has 4 rings (SSSR count). The lowest BCUT2D eigenvalue weighted by Gasteiger charge is -2.16. The molecule has 0 aliphatic heterocycles. The summed E-state index contributed by atoms with van der Waals surface area (Å²) in [4.78, 5) is 27.2. The van der Waals surface area contributed by atoms with E-state index >= 15 is 0 Å². The van der Waals surface area contributed by atoms with Crippen LogP contribution in [0.4, 0.5) is 0 Å². The third-order valence-corrected chi connectivity index (χ3v) is 7.14. The van der Waals surface area contributed by atoms with Crippen LogP contribution in [-0.2, 0) is 24.1 Å². The Kier molecular flexibility index (Phi) is 5.91. The number of aromatic nitrogens is 1. The van der Waals surface area contributed by atoms with Crippen molar-refractivity contribution in [1.82, 2.24) is 4.57 Å². The zero-order chi connectivity index (χ0) is 21.3. The van der Waals surface area contributed by atoms with Crippen molar-refractivity contribution in [3.63, 3.8) is 0 Å². The minimum atomic E-state index is -0.395. The van der Waals surface area contributed by atoms with Crippen LogP contribution in [0.5, 0.6) is 0 Å². The number of benzene rings is 1. The van der Waals surface area contributed by atoms with Crippen LogP contribution in [0.15, 0.2) is 42.5 Å². The van der Waals surface area contributed by atoms with Crippen molar-refractivity contribution < 1.29 is 14.3 Å². The number of rotatable bonds is 6. The highest BCUT2D eigenvalue weighted by molar-refractivity contribution is 7.14. The van der Waals surface area contributed by atoms with Crippen LogP contribution in [0.1, 0.15) is 60.8 Å². The van der Waals surface area contributed by atoms with Gasteiger partial charge in [0.05, 0.1) is 0 Å². The predicted octanol–water partition coefficient (Wildman–Crippen LogP) is 5.38. The summed E-state index contributed by atoms with van der Waals surface area (Å²) in [6.45, 7) is 6.67. The van der Waals surface area contributed by atoms with Gasteiger partial charge >= 0.3 is 5.97 Å². The SMILES string of the molecule is Cc1cc(C(=O)COC(=O)c2cc3c(s2)CC[C@@H](C)C3)c(C)n1Cc1ccccc1. The van der Waals surface area contributed by atoms with Gasteiger partial charge in [-0.15, -0.1) is 11.3 Å². The Hall–Kier alpha value is -2.66. The molecule has 0 radical (unpaired) electrons. The van der Waals surface area contributed by atoms with Gasteiger partial charge in [0.25, 0.3) is 0 Å². The smallest absolute Gasteiger partial charge is 0.348 e. The van der Waals surface area contributed by atoms with E-state index in [1.807, 2.05) is 44.2 Å². The summed E-state index contributed by atoms with van der Waals surface area (Å²) >= 11 is 1.51. The van der Waals surface area contributed by atoms with E-state index in [2.05, 4.69) is 23.6 Å². The van der Waals surface area contributed by atoms with Crippen molar-refractivity contribution in [2.45, 2.75) is 46.6 Å². The average Bonchev–Trinajstić information content (AvgIpc) is 3.28. The van der Waals surface area contributed by atoms with E-state index in [0.29, 0.717) is 22.9 Å². The van der Waals surface area contributed by atoms with E-state index in [4.69, 9.17) is 4.74 Å². The van der Waals surface area contributed by atoms with Crippen LogP contribution in [0.3, 0.4) is 0 Å². The van der Waals surface area contributed by atoms with Gasteiger partial charge in [-0.2, -0.15) is 0 Å². The van der Waals surface area contributed by atoms with Gasteiger partial charge in [0, 0.05) is 28.4 Å². The van der Waals surface area contributed by atoms with E-state index in [0.717, 1.165) is 24.2 Å². The first-order valence-corrected chi connectivity index (χ1v) is 11.3. The number of Topliss-reactive ketones (excluding diaryl/α,β-unsaturated/α-hetero) is 1. The number of thiophene rings is 1. The highest BCUT2D eigenvalue weighted by Crippen LogP contribution is 2.32. The van der Waals surface area contributed by atoms with Crippen LogP contribution in [0, 0.1) is 19.8 Å². The maximum Gasteiger partial charge on any atom is 0.348 e. The molecule has 0 spiro atoms. The Bertz CT molecular complexity index is 1080. The molecule has 3 aromatic rings. The number of ether oxygens (including phenoxy) is 1. The fourth-order valence-electron chi connectivity index (χ4n) is 4.18. The molecular formula is C25H27NO3S. The van der Waals surface area contributed by atoms with Gasteiger partial charge in [-0.05, 0) is 62.3 Å². The highest BCUT2D eigenvalue weighted by Gasteiger charge is 2.23. The summed E-state index contributed by atoms with van der Waals surface area (Å²) in [7, 11) is 0. The van der Waals surface area contributed by atoms with E-state index in [1.54, 1.807) is 0 Å². The van der Waals surface area contributed by atoms with Gasteiger partial charge in [0.2, 0.25) is 5.78 Å². The third-order valence-electron chi connectivity index (χ3n) is 5.92. The number of ketones is 1. The van der Waals surface area contributed by atoms with Crippen molar-refractivity contribution in [3.05, 3.63) is 80.3 Å². The molecule has 0 saturated heterocycles. The molecule has 5 heteroatoms. The van der Waals surface area contributed by atoms with Gasteiger partial charge in [0.15, 0.2) is 6.61 Å². The standard InChI is InChI=1S/C25H27NO3S/c1-16-9-10-23-20(11-16)13-24(30-23)25(28)29-15-22(27)21-12-17(2)26(18(21)3)14-19-7-5-4-6-8-19/h4-8,12-13,16H,9-11,14-15H2,1-3H3/t16-/m1/s1. The van der Waals surface area contributed by atoms with Crippen molar-refractivity contribution >= 4 is 23.1 Å². The van der Waals surface area contributed by atoms with Crippen molar-refractivity contribution in [1.29, 1.82) is 0 Å². The minimum absolute atomic E-state index is 0.161. The van der Waals surface area contributed by atoms with Crippen LogP contribution in [0.25, 0.3) is 0 Å². The lowest BCUT2D eigenvalue weighted by atomic mass is 9.90. The zero-order valence-corrected chi connectivity index (χ0v) is 18.6. The molecule has 2 aromatic heterocycles. The second kappa shape index (κ2) is 8.60. The van der Waals surface area contributed by atoms with Gasteiger partial charge < -0.3 is 9.30 Å². The molecule has 0 bridgehead atoms. The molecule has 0 saturated carbocycles. The average molecular weight is 422 g/mol. The van der Waals surface area contributed by atoms with Crippen molar-refractivity contribution in [3.8, 4) is 0 Å². The molecule has 1 aliphatic rings. The lowest BCUT2D eigenvalue weighted by Crippen LogP contribution is -2.14. The Morgan fingerprint density at radius 1 is 1.17 bits per heavy atom. The van der Waals surface area contributed by atoms with E-state index in [9.17, 15) is 9.59 Å². The predicted molar refractivity (Wildman–Crippen MR) is 120 cm³/mol. The number of hydrogen-bond acceptors (Lipinski definition) is 4. The number of fused-ring (bicyclic) bond motifs is 1. The fraction of sp³-hybridized carbons (Fsp3) is 0.360. The quantitative estimate of drug-likeness (QED) is 0.397. The third kappa shape index (κ3) is 4.26. The second-order valence-electron chi connectivity index (χ2n) is 8.26. The topological polar surface area (TPSA) is 48.3 Å². The lowest BCUT2D eigenvalue weighted by molar-refractivity contribution is 0.0479. The fourth-order valence-corrected chi connectivity index (χ4v) is 5.28. The summed E-state index contributed by atoms with van der Waals surface area (Å²) in [5, 5.41) is 0. The van der Waals surface area contributed by atoms with Crippen molar-refractivity contribution in [2.24, 2.45) is 5.92 Å². The van der Waals surface area contributed by atoms with Crippen LogP contribution in [-0.4, -0.2) is 22.9 Å². The monoisotopic (exact) mass is 421 g/mol. The first kappa shape index (κ1) is 20.6. The van der Waals surface area contributed by atoms with E-state index < -0.39 is 5.97 Å². The Morgan fingerprint density at radius 3 is 2.70 bits per heavy atom. The Balaban J connectivity index is 1.42. The maximum absolute atomic E-state index is 12.8. The Labute approximate surface area is 181 Å². The van der Waals surface area contributed by atoms with Crippen LogP contribution >= 0.6 is 11.3 Å². The number of hydrogen-bond donors (Lipinski definition) is 0. The molecule has 2 heterocycles. The molecular weight excluding hydrogens is 394 g/mol. The molecule has 0 unspecified atom stereocenters. The molecule has 156 valence electrons. The number of aryl methyl sites for hydroxylation is 2. The first-order valence-electron chi connectivity index (χ1n) is 10.4. The van der Waals surface area contributed by atoms with Gasteiger partial charge in [-0.1, -0.05) is 37.3 Å².